The van der Waals surface area contributed by atoms with E-state index in [9.17, 15) is 34.6 Å². The van der Waals surface area contributed by atoms with Crippen LogP contribution in [0.2, 0.25) is 0 Å². The van der Waals surface area contributed by atoms with E-state index in [4.69, 9.17) is 9.84 Å². The molecule has 1 aromatic carbocycles. The van der Waals surface area contributed by atoms with Crippen LogP contribution >= 0.6 is 11.8 Å². The monoisotopic (exact) mass is 383 g/mol. The first-order valence-corrected chi connectivity index (χ1v) is 7.45. The number of rotatable bonds is 6. The Kier molecular flexibility index (Phi) is 5.21. The molecule has 0 aliphatic carbocycles. The fraction of sp³-hybridized carbons (Fsp3) is 0.154. The van der Waals surface area contributed by atoms with Gasteiger partial charge in [0, 0.05) is 12.1 Å². The Labute approximate surface area is 148 Å². The average molecular weight is 383 g/mol. The largest absolute Gasteiger partial charge is 0.485 e. The number of carboxylic acids is 1. The highest BCUT2D eigenvalue weighted by Gasteiger charge is 2.36. The van der Waals surface area contributed by atoms with Crippen molar-refractivity contribution in [2.45, 2.75) is 0 Å². The van der Waals surface area contributed by atoms with Crippen LogP contribution in [0, 0.1) is 20.2 Å². The lowest BCUT2D eigenvalue weighted by Gasteiger charge is -2.07. The van der Waals surface area contributed by atoms with E-state index in [0.29, 0.717) is 16.7 Å². The molecule has 0 radical (unpaired) electrons. The molecule has 1 aliphatic heterocycles. The standard InChI is InChI=1S/C13H9N3O9S/c1-25-11-7(15(21)22)2-6(3-8(11)16(23)24)4-9-12(19)14(5-10(17)18)13(20)26-9/h2-4H,5H2,1H3,(H,17,18)/b9-4-. The Balaban J connectivity index is 2.52. The molecule has 1 heterocycles. The van der Waals surface area contributed by atoms with E-state index >= 15 is 0 Å². The fourth-order valence-electron chi connectivity index (χ4n) is 2.11. The lowest BCUT2D eigenvalue weighted by atomic mass is 10.1. The quantitative estimate of drug-likeness (QED) is 0.432. The summed E-state index contributed by atoms with van der Waals surface area (Å²) in [5.41, 5.74) is -1.49. The second-order valence-electron chi connectivity index (χ2n) is 4.77. The number of hydrogen-bond donors (Lipinski definition) is 1. The average Bonchev–Trinajstić information content (AvgIpc) is 2.81. The molecule has 0 bridgehead atoms. The van der Waals surface area contributed by atoms with Crippen molar-refractivity contribution in [3.8, 4) is 5.75 Å². The van der Waals surface area contributed by atoms with E-state index in [2.05, 4.69) is 0 Å². The second kappa shape index (κ2) is 7.18. The highest BCUT2D eigenvalue weighted by Crippen LogP contribution is 2.39. The topological polar surface area (TPSA) is 170 Å². The summed E-state index contributed by atoms with van der Waals surface area (Å²) in [5, 5.41) is 30.1. The first-order valence-electron chi connectivity index (χ1n) is 6.63. The molecule has 1 aromatic rings. The van der Waals surface area contributed by atoms with Crippen molar-refractivity contribution in [2.75, 3.05) is 13.7 Å². The van der Waals surface area contributed by atoms with Gasteiger partial charge in [-0.25, -0.2) is 0 Å². The summed E-state index contributed by atoms with van der Waals surface area (Å²) >= 11 is 0.421. The molecule has 0 spiro atoms. The van der Waals surface area contributed by atoms with Gasteiger partial charge < -0.3 is 9.84 Å². The van der Waals surface area contributed by atoms with Crippen molar-refractivity contribution in [1.29, 1.82) is 0 Å². The number of hydrogen-bond acceptors (Lipinski definition) is 9. The third-order valence-electron chi connectivity index (χ3n) is 3.13. The van der Waals surface area contributed by atoms with E-state index < -0.39 is 50.6 Å². The fourth-order valence-corrected chi connectivity index (χ4v) is 2.94. The van der Waals surface area contributed by atoms with Gasteiger partial charge >= 0.3 is 17.3 Å². The van der Waals surface area contributed by atoms with Gasteiger partial charge in [-0.1, -0.05) is 0 Å². The number of carboxylic acid groups (broad SMARTS) is 1. The summed E-state index contributed by atoms with van der Waals surface area (Å²) in [6.07, 6.45) is 1.03. The lowest BCUT2D eigenvalue weighted by Crippen LogP contribution is -2.33. The molecule has 2 amide bonds. The molecule has 26 heavy (non-hydrogen) atoms. The van der Waals surface area contributed by atoms with Crippen LogP contribution in [0.5, 0.6) is 5.75 Å². The SMILES string of the molecule is COc1c([N+](=O)[O-])cc(/C=C2\SC(=O)N(CC(=O)O)C2=O)cc1[N+](=O)[O-]. The molecule has 0 atom stereocenters. The van der Waals surface area contributed by atoms with Gasteiger partial charge in [-0.05, 0) is 23.4 Å². The Bertz CT molecular complexity index is 845. The highest BCUT2D eigenvalue weighted by atomic mass is 32.2. The summed E-state index contributed by atoms with van der Waals surface area (Å²) in [6, 6.07) is 1.88. The predicted molar refractivity (Wildman–Crippen MR) is 86.6 cm³/mol. The maximum absolute atomic E-state index is 12.1. The van der Waals surface area contributed by atoms with E-state index in [0.717, 1.165) is 25.3 Å². The molecular weight excluding hydrogens is 374 g/mol. The van der Waals surface area contributed by atoms with Crippen LogP contribution < -0.4 is 4.74 Å². The minimum atomic E-state index is -1.40. The molecule has 12 nitrogen and oxygen atoms in total. The number of carbonyl (C=O) groups excluding carboxylic acids is 2. The molecular formula is C13H9N3O9S. The van der Waals surface area contributed by atoms with E-state index in [1.54, 1.807) is 0 Å². The Morgan fingerprint density at radius 2 is 1.81 bits per heavy atom. The maximum atomic E-state index is 12.1. The molecule has 1 aliphatic rings. The first kappa shape index (κ1) is 18.9. The van der Waals surface area contributed by atoms with Crippen molar-refractivity contribution in [2.24, 2.45) is 0 Å². The van der Waals surface area contributed by atoms with Gasteiger partial charge in [0.25, 0.3) is 16.9 Å². The smallest absolute Gasteiger partial charge is 0.323 e. The van der Waals surface area contributed by atoms with Crippen LogP contribution in [0.15, 0.2) is 17.0 Å². The number of imide groups is 1. The number of thioether (sulfide) groups is 1. The second-order valence-corrected chi connectivity index (χ2v) is 5.76. The van der Waals surface area contributed by atoms with E-state index in [1.165, 1.54) is 0 Å². The molecule has 136 valence electrons. The summed E-state index contributed by atoms with van der Waals surface area (Å²) in [7, 11) is 1.03. The number of aliphatic carboxylic acids is 1. The molecule has 1 saturated heterocycles. The molecule has 0 saturated carbocycles. The van der Waals surface area contributed by atoms with Gasteiger partial charge in [0.1, 0.15) is 6.54 Å². The molecule has 2 rings (SSSR count). The van der Waals surface area contributed by atoms with Gasteiger partial charge in [-0.2, -0.15) is 0 Å². The van der Waals surface area contributed by atoms with Gasteiger partial charge in [0.15, 0.2) is 0 Å². The highest BCUT2D eigenvalue weighted by molar-refractivity contribution is 8.18. The third-order valence-corrected chi connectivity index (χ3v) is 4.04. The number of nitro groups is 2. The van der Waals surface area contributed by atoms with Crippen molar-refractivity contribution >= 4 is 46.3 Å². The maximum Gasteiger partial charge on any atom is 0.323 e. The number of methoxy groups -OCH3 is 1. The van der Waals surface area contributed by atoms with E-state index in [-0.39, 0.29) is 10.5 Å². The zero-order valence-electron chi connectivity index (χ0n) is 12.9. The summed E-state index contributed by atoms with van der Waals surface area (Å²) in [5.74, 6) is -2.87. The Hall–Kier alpha value is -3.48. The predicted octanol–water partition coefficient (Wildman–Crippen LogP) is 1.63. The molecule has 1 fully saturated rings. The minimum Gasteiger partial charge on any atom is -0.485 e. The van der Waals surface area contributed by atoms with Crippen molar-refractivity contribution in [3.05, 3.63) is 42.8 Å². The van der Waals surface area contributed by atoms with Gasteiger partial charge in [0.05, 0.1) is 21.9 Å². The van der Waals surface area contributed by atoms with Crippen molar-refractivity contribution in [3.63, 3.8) is 0 Å². The number of carbonyl (C=O) groups is 3. The molecule has 13 heteroatoms. The van der Waals surface area contributed by atoms with Crippen LogP contribution in [0.1, 0.15) is 5.56 Å². The first-order chi connectivity index (χ1) is 12.1. The number of benzene rings is 1. The van der Waals surface area contributed by atoms with Gasteiger partial charge in [-0.3, -0.25) is 39.5 Å². The molecule has 0 aromatic heterocycles. The Morgan fingerprint density at radius 3 is 2.23 bits per heavy atom. The summed E-state index contributed by atoms with van der Waals surface area (Å²) in [4.78, 5) is 55.2. The van der Waals surface area contributed by atoms with Crippen LogP contribution in [-0.2, 0) is 9.59 Å². The van der Waals surface area contributed by atoms with Crippen LogP contribution in [0.25, 0.3) is 6.08 Å². The Morgan fingerprint density at radius 1 is 1.27 bits per heavy atom. The van der Waals surface area contributed by atoms with Crippen LogP contribution in [-0.4, -0.2) is 50.6 Å². The van der Waals surface area contributed by atoms with Crippen LogP contribution in [0.4, 0.5) is 16.2 Å². The number of nitro benzene ring substituents is 2. The molecule has 1 N–H and O–H groups in total. The molecule has 0 unspecified atom stereocenters. The minimum absolute atomic E-state index is 0.0926. The third kappa shape index (κ3) is 3.61. The number of nitrogens with zero attached hydrogens (tertiary/aromatic N) is 3. The summed E-state index contributed by atoms with van der Waals surface area (Å²) in [6.45, 7) is -0.842. The van der Waals surface area contributed by atoms with Gasteiger partial charge in [0.2, 0.25) is 0 Å². The van der Waals surface area contributed by atoms with Crippen molar-refractivity contribution in [1.82, 2.24) is 4.90 Å². The zero-order valence-corrected chi connectivity index (χ0v) is 13.7. The van der Waals surface area contributed by atoms with Crippen LogP contribution in [0.3, 0.4) is 0 Å². The normalized spacial score (nSPS) is 15.4. The van der Waals surface area contributed by atoms with Crippen molar-refractivity contribution < 1.29 is 34.1 Å². The zero-order chi connectivity index (χ0) is 19.6. The lowest BCUT2D eigenvalue weighted by molar-refractivity contribution is -0.395. The number of amides is 2. The summed E-state index contributed by atoms with van der Waals surface area (Å²) < 4.78 is 4.72. The number of ether oxygens (including phenoxy) is 1. The van der Waals surface area contributed by atoms with E-state index in [1.807, 2.05) is 0 Å². The van der Waals surface area contributed by atoms with Gasteiger partial charge in [-0.15, -0.1) is 0 Å².